The molecule has 1 atom stereocenters. The minimum atomic E-state index is -0.839. The Hall–Kier alpha value is -4.06. The van der Waals surface area contributed by atoms with Crippen molar-refractivity contribution in [3.05, 3.63) is 101 Å². The molecule has 0 aliphatic carbocycles. The molecule has 0 spiro atoms. The lowest BCUT2D eigenvalue weighted by Gasteiger charge is -2.25. The fraction of sp³-hybridized carbons (Fsp3) is 0.154. The van der Waals surface area contributed by atoms with Gasteiger partial charge in [-0.15, -0.1) is 0 Å². The molecule has 0 bridgehead atoms. The number of aliphatic hydroxyl groups is 1. The fourth-order valence-corrected chi connectivity index (χ4v) is 3.90. The summed E-state index contributed by atoms with van der Waals surface area (Å²) in [6.45, 7) is 2.57. The zero-order valence-electron chi connectivity index (χ0n) is 17.6. The molecule has 1 fully saturated rings. The van der Waals surface area contributed by atoms with Gasteiger partial charge >= 0.3 is 0 Å². The summed E-state index contributed by atoms with van der Waals surface area (Å²) in [5.74, 6) is -1.09. The van der Waals surface area contributed by atoms with Crippen molar-refractivity contribution >= 4 is 17.4 Å². The summed E-state index contributed by atoms with van der Waals surface area (Å²) >= 11 is 0. The van der Waals surface area contributed by atoms with Crippen LogP contribution < -0.4 is 4.74 Å². The van der Waals surface area contributed by atoms with Gasteiger partial charge < -0.3 is 19.8 Å². The molecule has 1 amide bonds. The lowest BCUT2D eigenvalue weighted by molar-refractivity contribution is -0.140. The van der Waals surface area contributed by atoms with Crippen molar-refractivity contribution in [1.82, 2.24) is 4.90 Å². The molecule has 1 aliphatic heterocycles. The maximum atomic E-state index is 13.1. The second-order valence-corrected chi connectivity index (χ2v) is 7.46. The molecule has 3 aromatic carbocycles. The van der Waals surface area contributed by atoms with Crippen molar-refractivity contribution < 1.29 is 24.5 Å². The van der Waals surface area contributed by atoms with Gasteiger partial charge in [0.15, 0.2) is 0 Å². The normalized spacial score (nSPS) is 17.5. The van der Waals surface area contributed by atoms with Crippen molar-refractivity contribution in [1.29, 1.82) is 0 Å². The Kier molecular flexibility index (Phi) is 5.94. The van der Waals surface area contributed by atoms with Crippen LogP contribution in [0.15, 0.2) is 84.4 Å². The van der Waals surface area contributed by atoms with Gasteiger partial charge in [0.05, 0.1) is 18.2 Å². The lowest BCUT2D eigenvalue weighted by atomic mass is 9.95. The molecular weight excluding hydrogens is 406 g/mol. The lowest BCUT2D eigenvalue weighted by Crippen LogP contribution is -2.29. The van der Waals surface area contributed by atoms with Crippen molar-refractivity contribution in [2.75, 3.05) is 6.61 Å². The van der Waals surface area contributed by atoms with Crippen LogP contribution in [0.2, 0.25) is 0 Å². The number of rotatable bonds is 6. The van der Waals surface area contributed by atoms with Crippen molar-refractivity contribution in [2.45, 2.75) is 19.5 Å². The standard InChI is InChI=1S/C26H23NO5/c1-2-32-21-13-11-18(12-14-21)24(29)22-23(19-9-6-10-20(28)15-19)27(26(31)25(22)30)16-17-7-4-3-5-8-17/h3-15,23,28-29H,2,16H2,1H3/t23-/m0/s1. The second kappa shape index (κ2) is 8.98. The predicted molar refractivity (Wildman–Crippen MR) is 120 cm³/mol. The topological polar surface area (TPSA) is 87.1 Å². The number of phenols is 1. The highest BCUT2D eigenvalue weighted by atomic mass is 16.5. The van der Waals surface area contributed by atoms with Crippen LogP contribution in [0.5, 0.6) is 11.5 Å². The molecule has 2 N–H and O–H groups in total. The van der Waals surface area contributed by atoms with Gasteiger partial charge in [-0.25, -0.2) is 0 Å². The van der Waals surface area contributed by atoms with Crippen LogP contribution in [0.3, 0.4) is 0 Å². The molecule has 0 radical (unpaired) electrons. The fourth-order valence-electron chi connectivity index (χ4n) is 3.90. The number of phenolic OH excluding ortho intramolecular Hbond substituents is 1. The minimum absolute atomic E-state index is 0.00821. The number of nitrogens with zero attached hydrogens (tertiary/aromatic N) is 1. The molecule has 3 aromatic rings. The van der Waals surface area contributed by atoms with E-state index in [0.29, 0.717) is 23.5 Å². The average molecular weight is 429 g/mol. The Labute approximate surface area is 186 Å². The van der Waals surface area contributed by atoms with Gasteiger partial charge in [0.25, 0.3) is 11.7 Å². The first kappa shape index (κ1) is 21.2. The summed E-state index contributed by atoms with van der Waals surface area (Å²) < 4.78 is 5.44. The van der Waals surface area contributed by atoms with Crippen LogP contribution in [0, 0.1) is 0 Å². The van der Waals surface area contributed by atoms with Crippen LogP contribution in [0.1, 0.15) is 29.7 Å². The molecule has 1 saturated heterocycles. The van der Waals surface area contributed by atoms with Gasteiger partial charge in [0.1, 0.15) is 17.3 Å². The number of aliphatic hydroxyl groups excluding tert-OH is 1. The Morgan fingerprint density at radius 3 is 2.34 bits per heavy atom. The van der Waals surface area contributed by atoms with E-state index < -0.39 is 17.7 Å². The van der Waals surface area contributed by atoms with Crippen LogP contribution >= 0.6 is 0 Å². The SMILES string of the molecule is CCOc1ccc(C(O)=C2C(=O)C(=O)N(Cc3ccccc3)[C@H]2c2cccc(O)c2)cc1. The number of carbonyl (C=O) groups is 2. The summed E-state index contributed by atoms with van der Waals surface area (Å²) in [5.41, 5.74) is 1.77. The van der Waals surface area contributed by atoms with Crippen LogP contribution in [-0.2, 0) is 16.1 Å². The van der Waals surface area contributed by atoms with E-state index in [0.717, 1.165) is 5.56 Å². The largest absolute Gasteiger partial charge is 0.508 e. The van der Waals surface area contributed by atoms with Crippen molar-refractivity contribution in [2.24, 2.45) is 0 Å². The molecule has 1 heterocycles. The number of hydrogen-bond donors (Lipinski definition) is 2. The van der Waals surface area contributed by atoms with Crippen LogP contribution in [-0.4, -0.2) is 33.4 Å². The van der Waals surface area contributed by atoms with E-state index in [4.69, 9.17) is 4.74 Å². The quantitative estimate of drug-likeness (QED) is 0.344. The smallest absolute Gasteiger partial charge is 0.295 e. The first-order valence-electron chi connectivity index (χ1n) is 10.3. The van der Waals surface area contributed by atoms with Gasteiger partial charge in [0.2, 0.25) is 0 Å². The minimum Gasteiger partial charge on any atom is -0.508 e. The van der Waals surface area contributed by atoms with Gasteiger partial charge in [0, 0.05) is 12.1 Å². The molecule has 0 saturated carbocycles. The molecule has 0 aromatic heterocycles. The van der Waals surface area contributed by atoms with E-state index >= 15 is 0 Å². The van der Waals surface area contributed by atoms with Crippen molar-refractivity contribution in [3.63, 3.8) is 0 Å². The Morgan fingerprint density at radius 2 is 1.69 bits per heavy atom. The molecule has 4 rings (SSSR count). The third kappa shape index (κ3) is 4.07. The molecule has 0 unspecified atom stereocenters. The highest BCUT2D eigenvalue weighted by Crippen LogP contribution is 2.41. The summed E-state index contributed by atoms with van der Waals surface area (Å²) in [7, 11) is 0. The zero-order chi connectivity index (χ0) is 22.7. The number of likely N-dealkylation sites (tertiary alicyclic amines) is 1. The number of Topliss-reactive ketones (excluding diaryl/α,β-unsaturated/α-hetero) is 1. The van der Waals surface area contributed by atoms with Crippen LogP contribution in [0.4, 0.5) is 0 Å². The summed E-state index contributed by atoms with van der Waals surface area (Å²) in [6, 6.07) is 21.5. The maximum absolute atomic E-state index is 13.1. The molecule has 6 nitrogen and oxygen atoms in total. The third-order valence-electron chi connectivity index (χ3n) is 5.36. The second-order valence-electron chi connectivity index (χ2n) is 7.46. The number of amides is 1. The average Bonchev–Trinajstić information content (AvgIpc) is 3.05. The Bertz CT molecular complexity index is 1170. The van der Waals surface area contributed by atoms with Crippen LogP contribution in [0.25, 0.3) is 5.76 Å². The highest BCUT2D eigenvalue weighted by molar-refractivity contribution is 6.46. The van der Waals surface area contributed by atoms with E-state index in [1.165, 1.54) is 17.0 Å². The summed E-state index contributed by atoms with van der Waals surface area (Å²) in [4.78, 5) is 27.5. The van der Waals surface area contributed by atoms with Gasteiger partial charge in [-0.3, -0.25) is 9.59 Å². The number of hydrogen-bond acceptors (Lipinski definition) is 5. The third-order valence-corrected chi connectivity index (χ3v) is 5.36. The van der Waals surface area contributed by atoms with E-state index in [1.54, 1.807) is 36.4 Å². The molecule has 32 heavy (non-hydrogen) atoms. The monoisotopic (exact) mass is 429 g/mol. The van der Waals surface area contributed by atoms with Gasteiger partial charge in [-0.2, -0.15) is 0 Å². The number of aromatic hydroxyl groups is 1. The van der Waals surface area contributed by atoms with E-state index in [-0.39, 0.29) is 23.6 Å². The number of carbonyl (C=O) groups excluding carboxylic acids is 2. The van der Waals surface area contributed by atoms with Gasteiger partial charge in [-0.1, -0.05) is 42.5 Å². The first-order valence-corrected chi connectivity index (χ1v) is 10.3. The predicted octanol–water partition coefficient (Wildman–Crippen LogP) is 4.41. The van der Waals surface area contributed by atoms with E-state index in [9.17, 15) is 19.8 Å². The Balaban J connectivity index is 1.82. The summed E-state index contributed by atoms with van der Waals surface area (Å²) in [5, 5.41) is 21.1. The zero-order valence-corrected chi connectivity index (χ0v) is 17.6. The molecular formula is C26H23NO5. The Morgan fingerprint density at radius 1 is 0.969 bits per heavy atom. The number of ether oxygens (including phenoxy) is 1. The molecule has 1 aliphatic rings. The van der Waals surface area contributed by atoms with E-state index in [1.807, 2.05) is 37.3 Å². The highest BCUT2D eigenvalue weighted by Gasteiger charge is 2.46. The number of benzene rings is 3. The molecule has 162 valence electrons. The molecule has 6 heteroatoms. The van der Waals surface area contributed by atoms with E-state index in [2.05, 4.69) is 0 Å². The van der Waals surface area contributed by atoms with Gasteiger partial charge in [-0.05, 0) is 54.4 Å². The number of ketones is 1. The van der Waals surface area contributed by atoms with Crippen molar-refractivity contribution in [3.8, 4) is 11.5 Å². The first-order chi connectivity index (χ1) is 15.5. The maximum Gasteiger partial charge on any atom is 0.295 e. The summed E-state index contributed by atoms with van der Waals surface area (Å²) in [6.07, 6.45) is 0.